The average Bonchev–Trinajstić information content (AvgIpc) is 3.58. The molecule has 0 N–H and O–H groups in total. The van der Waals surface area contributed by atoms with Gasteiger partial charge in [-0.05, 0) is 85.7 Å². The summed E-state index contributed by atoms with van der Waals surface area (Å²) in [4.78, 5) is 5.24. The molecule has 0 amide bonds. The largest absolute Gasteiger partial charge is 0.309 e. The Morgan fingerprint density at radius 2 is 1.06 bits per heavy atom. The number of aromatic nitrogens is 1. The molecule has 0 spiro atoms. The van der Waals surface area contributed by atoms with Crippen LogP contribution in [0.2, 0.25) is 0 Å². The van der Waals surface area contributed by atoms with E-state index >= 15 is 0 Å². The van der Waals surface area contributed by atoms with E-state index in [-0.39, 0.29) is 0 Å². The van der Waals surface area contributed by atoms with Crippen LogP contribution < -0.4 is 0 Å². The van der Waals surface area contributed by atoms with Crippen LogP contribution in [0.5, 0.6) is 0 Å². The number of hydrogen-bond acceptors (Lipinski definition) is 2. The van der Waals surface area contributed by atoms with Crippen molar-refractivity contribution in [2.24, 2.45) is 0 Å². The van der Waals surface area contributed by atoms with Crippen molar-refractivity contribution >= 4 is 68.8 Å². The van der Waals surface area contributed by atoms with Crippen LogP contribution in [0.1, 0.15) is 30.6 Å². The molecule has 0 saturated heterocycles. The summed E-state index contributed by atoms with van der Waals surface area (Å²) >= 11 is 3.65. The van der Waals surface area contributed by atoms with E-state index in [9.17, 15) is 0 Å². The first-order valence-corrected chi connectivity index (χ1v) is 13.4. The van der Waals surface area contributed by atoms with E-state index < -0.39 is 0 Å². The Bertz CT molecular complexity index is 1600. The number of nitrogens with zero attached hydrogens (tertiary/aromatic N) is 1. The van der Waals surface area contributed by atoms with Crippen molar-refractivity contribution in [1.29, 1.82) is 0 Å². The van der Waals surface area contributed by atoms with Gasteiger partial charge in [0.2, 0.25) is 0 Å². The smallest absolute Gasteiger partial charge is 0.0547 e. The van der Waals surface area contributed by atoms with Crippen molar-refractivity contribution in [3.8, 4) is 5.69 Å². The first-order valence-electron chi connectivity index (χ1n) is 11.8. The lowest BCUT2D eigenvalue weighted by atomic mass is 10.1. The predicted molar refractivity (Wildman–Crippen MR) is 157 cm³/mol. The van der Waals surface area contributed by atoms with Crippen molar-refractivity contribution in [3.05, 3.63) is 122 Å². The van der Waals surface area contributed by atoms with Crippen LogP contribution in [0.25, 0.3) is 51.8 Å². The highest BCUT2D eigenvalue weighted by Crippen LogP contribution is 2.34. The summed E-state index contributed by atoms with van der Waals surface area (Å²) in [5.74, 6) is 0. The second-order valence-electron chi connectivity index (χ2n) is 8.79. The van der Waals surface area contributed by atoms with Crippen LogP contribution in [-0.4, -0.2) is 4.57 Å². The van der Waals surface area contributed by atoms with Gasteiger partial charge in [0.05, 0.1) is 11.0 Å². The summed E-state index contributed by atoms with van der Waals surface area (Å²) in [6.07, 6.45) is 8.86. The Labute approximate surface area is 213 Å². The van der Waals surface area contributed by atoms with Gasteiger partial charge in [-0.15, -0.1) is 22.7 Å². The summed E-state index contributed by atoms with van der Waals surface area (Å²) in [5.41, 5.74) is 6.04. The van der Waals surface area contributed by atoms with Gasteiger partial charge in [0.15, 0.2) is 0 Å². The Morgan fingerprint density at radius 1 is 0.543 bits per heavy atom. The molecule has 0 bridgehead atoms. The van der Waals surface area contributed by atoms with Crippen molar-refractivity contribution in [3.63, 3.8) is 0 Å². The van der Waals surface area contributed by atoms with Crippen molar-refractivity contribution in [2.45, 2.75) is 13.8 Å². The number of aryl methyl sites for hydroxylation is 2. The zero-order valence-electron chi connectivity index (χ0n) is 19.7. The van der Waals surface area contributed by atoms with Gasteiger partial charge < -0.3 is 4.57 Å². The molecule has 3 aromatic carbocycles. The zero-order chi connectivity index (χ0) is 23.8. The quantitative estimate of drug-likeness (QED) is 0.228. The number of thiophene rings is 2. The van der Waals surface area contributed by atoms with Gasteiger partial charge in [0.1, 0.15) is 0 Å². The van der Waals surface area contributed by atoms with Gasteiger partial charge in [-0.25, -0.2) is 0 Å². The minimum atomic E-state index is 1.18. The molecule has 0 aliphatic carbocycles. The van der Waals surface area contributed by atoms with E-state index in [1.165, 1.54) is 58.1 Å². The molecule has 170 valence electrons. The lowest BCUT2D eigenvalue weighted by Gasteiger charge is -2.08. The van der Waals surface area contributed by atoms with Gasteiger partial charge in [0.25, 0.3) is 0 Å². The van der Waals surface area contributed by atoms with Crippen LogP contribution in [0, 0.1) is 13.8 Å². The maximum absolute atomic E-state index is 2.39. The fraction of sp³-hybridized carbons (Fsp3) is 0.0625. The van der Waals surface area contributed by atoms with Crippen LogP contribution in [-0.2, 0) is 0 Å². The zero-order valence-corrected chi connectivity index (χ0v) is 21.4. The van der Waals surface area contributed by atoms with Gasteiger partial charge in [-0.2, -0.15) is 0 Å². The number of rotatable bonds is 5. The van der Waals surface area contributed by atoms with Gasteiger partial charge >= 0.3 is 0 Å². The number of benzene rings is 3. The molecule has 3 heterocycles. The molecule has 1 nitrogen and oxygen atoms in total. The highest BCUT2D eigenvalue weighted by Gasteiger charge is 2.13. The van der Waals surface area contributed by atoms with Gasteiger partial charge in [-0.1, -0.05) is 54.6 Å². The third-order valence-corrected chi connectivity index (χ3v) is 8.16. The minimum absolute atomic E-state index is 1.18. The summed E-state index contributed by atoms with van der Waals surface area (Å²) in [6, 6.07) is 33.0. The Kier molecular flexibility index (Phi) is 5.73. The summed E-state index contributed by atoms with van der Waals surface area (Å²) in [7, 11) is 0. The monoisotopic (exact) mass is 487 g/mol. The second kappa shape index (κ2) is 9.18. The van der Waals surface area contributed by atoms with Crippen molar-refractivity contribution < 1.29 is 0 Å². The third-order valence-electron chi connectivity index (χ3n) is 6.23. The maximum Gasteiger partial charge on any atom is 0.0547 e. The predicted octanol–water partition coefficient (Wildman–Crippen LogP) is 9.86. The molecule has 0 saturated carbocycles. The molecule has 0 aliphatic rings. The summed E-state index contributed by atoms with van der Waals surface area (Å²) in [6.45, 7) is 4.30. The third kappa shape index (κ3) is 4.41. The van der Waals surface area contributed by atoms with E-state index in [4.69, 9.17) is 0 Å². The van der Waals surface area contributed by atoms with Crippen LogP contribution in [0.15, 0.2) is 91.0 Å². The topological polar surface area (TPSA) is 4.93 Å². The van der Waals surface area contributed by atoms with E-state index in [0.717, 1.165) is 0 Å². The molecular formula is C32H25NS2. The van der Waals surface area contributed by atoms with Gasteiger partial charge in [-0.3, -0.25) is 0 Å². The van der Waals surface area contributed by atoms with E-state index in [1.54, 1.807) is 0 Å². The molecule has 3 aromatic heterocycles. The SMILES string of the molecule is Cc1ccc(/C=C/c2ccc3c4ccc(/C=C/c5ccc(C)s5)cc4n(-c4ccccc4)c3c2)s1. The van der Waals surface area contributed by atoms with E-state index in [2.05, 4.69) is 134 Å². The van der Waals surface area contributed by atoms with Gasteiger partial charge in [0, 0.05) is 36.0 Å². The fourth-order valence-electron chi connectivity index (χ4n) is 4.56. The molecule has 3 heteroatoms. The van der Waals surface area contributed by atoms with Crippen LogP contribution >= 0.6 is 22.7 Å². The van der Waals surface area contributed by atoms with Crippen LogP contribution in [0.4, 0.5) is 0 Å². The van der Waals surface area contributed by atoms with Crippen molar-refractivity contribution in [2.75, 3.05) is 0 Å². The molecule has 6 aromatic rings. The lowest BCUT2D eigenvalue weighted by Crippen LogP contribution is -1.93. The molecule has 0 unspecified atom stereocenters. The Hall–Kier alpha value is -3.66. The maximum atomic E-state index is 2.39. The summed E-state index contributed by atoms with van der Waals surface area (Å²) in [5, 5.41) is 2.55. The van der Waals surface area contributed by atoms with E-state index in [1.807, 2.05) is 22.7 Å². The number of fused-ring (bicyclic) bond motifs is 3. The molecule has 6 rings (SSSR count). The minimum Gasteiger partial charge on any atom is -0.309 e. The Balaban J connectivity index is 1.49. The molecule has 35 heavy (non-hydrogen) atoms. The normalized spacial score (nSPS) is 12.1. The second-order valence-corrected chi connectivity index (χ2v) is 11.4. The highest BCUT2D eigenvalue weighted by atomic mass is 32.1. The molecule has 0 atom stereocenters. The standard InChI is InChI=1S/C32H25NS2/c1-22-8-14-27(34-22)16-10-24-12-18-29-30-19-13-25(11-17-28-15-9-23(2)35-28)21-32(30)33(31(29)20-24)26-6-4-3-5-7-26/h3-21H,1-2H3/b16-10+,17-11+. The molecule has 0 fully saturated rings. The fourth-order valence-corrected chi connectivity index (χ4v) is 6.12. The van der Waals surface area contributed by atoms with E-state index in [0.29, 0.717) is 0 Å². The average molecular weight is 488 g/mol. The summed E-state index contributed by atoms with van der Waals surface area (Å²) < 4.78 is 2.39. The Morgan fingerprint density at radius 3 is 1.51 bits per heavy atom. The first-order chi connectivity index (χ1) is 17.1. The number of hydrogen-bond donors (Lipinski definition) is 0. The molecular weight excluding hydrogens is 462 g/mol. The number of para-hydroxylation sites is 1. The molecule has 0 radical (unpaired) electrons. The first kappa shape index (κ1) is 21.8. The van der Waals surface area contributed by atoms with Crippen molar-refractivity contribution in [1.82, 2.24) is 4.57 Å². The highest BCUT2D eigenvalue weighted by molar-refractivity contribution is 7.13. The molecule has 0 aliphatic heterocycles. The van der Waals surface area contributed by atoms with Crippen LogP contribution in [0.3, 0.4) is 0 Å². The lowest BCUT2D eigenvalue weighted by molar-refractivity contribution is 1.18.